The molecule has 0 aliphatic carbocycles. The molecule has 1 unspecified atom stereocenters. The average Bonchev–Trinajstić information content (AvgIpc) is 2.29. The van der Waals surface area contributed by atoms with Crippen molar-refractivity contribution in [1.29, 1.82) is 0 Å². The van der Waals surface area contributed by atoms with E-state index in [1.165, 1.54) is 7.11 Å². The summed E-state index contributed by atoms with van der Waals surface area (Å²) in [6.07, 6.45) is 0.656. The van der Waals surface area contributed by atoms with Gasteiger partial charge in [-0.3, -0.25) is 4.90 Å². The summed E-state index contributed by atoms with van der Waals surface area (Å²) in [4.78, 5) is 13.6. The van der Waals surface area contributed by atoms with Crippen LogP contribution in [0.2, 0.25) is 0 Å². The average molecular weight is 186 g/mol. The third kappa shape index (κ3) is 1.25. The fourth-order valence-corrected chi connectivity index (χ4v) is 1.80. The molecular weight excluding hydrogens is 168 g/mol. The number of esters is 1. The molecule has 0 aromatic carbocycles. The quantitative estimate of drug-likeness (QED) is 0.584. The lowest BCUT2D eigenvalue weighted by atomic mass is 9.81. The first-order valence-corrected chi connectivity index (χ1v) is 4.45. The van der Waals surface area contributed by atoms with Crippen LogP contribution in [0.1, 0.15) is 20.3 Å². The number of hydrogen-bond donors (Lipinski definition) is 1. The van der Waals surface area contributed by atoms with E-state index in [0.29, 0.717) is 6.42 Å². The van der Waals surface area contributed by atoms with E-state index in [1.54, 1.807) is 0 Å². The van der Waals surface area contributed by atoms with E-state index in [1.807, 2.05) is 20.9 Å². The van der Waals surface area contributed by atoms with Gasteiger partial charge in [-0.2, -0.15) is 0 Å². The first-order valence-electron chi connectivity index (χ1n) is 4.45. The second-order valence-electron chi connectivity index (χ2n) is 4.19. The second kappa shape index (κ2) is 2.96. The van der Waals surface area contributed by atoms with Crippen LogP contribution in [-0.4, -0.2) is 42.6 Å². The molecule has 0 radical (unpaired) electrons. The Bertz CT molecular complexity index is 228. The van der Waals surface area contributed by atoms with Crippen LogP contribution in [0.15, 0.2) is 0 Å². The fourth-order valence-electron chi connectivity index (χ4n) is 1.80. The molecule has 1 heterocycles. The summed E-state index contributed by atoms with van der Waals surface area (Å²) in [6, 6.07) is 0. The van der Waals surface area contributed by atoms with Crippen LogP contribution >= 0.6 is 0 Å². The number of carbonyl (C=O) groups is 1. The van der Waals surface area contributed by atoms with Crippen molar-refractivity contribution in [3.05, 3.63) is 0 Å². The topological polar surface area (TPSA) is 55.6 Å². The molecule has 76 valence electrons. The zero-order chi connectivity index (χ0) is 10.3. The Labute approximate surface area is 79.0 Å². The highest BCUT2D eigenvalue weighted by atomic mass is 16.5. The molecule has 0 aromatic rings. The number of likely N-dealkylation sites (tertiary alicyclic amines) is 1. The Morgan fingerprint density at radius 3 is 2.38 bits per heavy atom. The van der Waals surface area contributed by atoms with Crippen molar-refractivity contribution >= 4 is 5.97 Å². The minimum Gasteiger partial charge on any atom is -0.468 e. The van der Waals surface area contributed by atoms with Gasteiger partial charge in [-0.25, -0.2) is 4.79 Å². The number of rotatable bonds is 1. The molecule has 1 rings (SSSR count). The summed E-state index contributed by atoms with van der Waals surface area (Å²) >= 11 is 0. The van der Waals surface area contributed by atoms with E-state index < -0.39 is 5.54 Å². The fraction of sp³-hybridized carbons (Fsp3) is 0.889. The predicted molar refractivity (Wildman–Crippen MR) is 50.3 cm³/mol. The van der Waals surface area contributed by atoms with Gasteiger partial charge in [-0.05, 0) is 27.3 Å². The van der Waals surface area contributed by atoms with Gasteiger partial charge in [0.25, 0.3) is 0 Å². The minimum atomic E-state index is -0.865. The van der Waals surface area contributed by atoms with E-state index in [4.69, 9.17) is 10.5 Å². The molecule has 0 aromatic heterocycles. The first-order chi connectivity index (χ1) is 5.86. The third-order valence-electron chi connectivity index (χ3n) is 3.44. The molecule has 0 saturated carbocycles. The summed E-state index contributed by atoms with van der Waals surface area (Å²) in [7, 11) is 3.35. The van der Waals surface area contributed by atoms with Crippen LogP contribution in [0.25, 0.3) is 0 Å². The van der Waals surface area contributed by atoms with Crippen molar-refractivity contribution in [2.45, 2.75) is 31.3 Å². The molecule has 4 nitrogen and oxygen atoms in total. The van der Waals surface area contributed by atoms with Crippen molar-refractivity contribution in [3.63, 3.8) is 0 Å². The normalized spacial score (nSPS) is 33.3. The molecule has 1 aliphatic rings. The summed E-state index contributed by atoms with van der Waals surface area (Å²) < 4.78 is 4.73. The number of ether oxygens (including phenoxy) is 1. The highest BCUT2D eigenvalue weighted by Gasteiger charge is 2.55. The van der Waals surface area contributed by atoms with E-state index in [-0.39, 0.29) is 11.5 Å². The molecule has 0 spiro atoms. The van der Waals surface area contributed by atoms with Gasteiger partial charge < -0.3 is 10.5 Å². The Balaban J connectivity index is 2.98. The number of carbonyl (C=O) groups excluding carboxylic acids is 1. The van der Waals surface area contributed by atoms with Gasteiger partial charge in [0, 0.05) is 12.1 Å². The van der Waals surface area contributed by atoms with Gasteiger partial charge in [0.1, 0.15) is 5.54 Å². The molecule has 2 N–H and O–H groups in total. The zero-order valence-corrected chi connectivity index (χ0v) is 8.76. The second-order valence-corrected chi connectivity index (χ2v) is 4.19. The Hall–Kier alpha value is -0.610. The summed E-state index contributed by atoms with van der Waals surface area (Å²) in [5, 5.41) is 0. The van der Waals surface area contributed by atoms with E-state index >= 15 is 0 Å². The monoisotopic (exact) mass is 186 g/mol. The van der Waals surface area contributed by atoms with E-state index in [2.05, 4.69) is 4.90 Å². The van der Waals surface area contributed by atoms with E-state index in [9.17, 15) is 4.79 Å². The van der Waals surface area contributed by atoms with Crippen LogP contribution < -0.4 is 5.73 Å². The highest BCUT2D eigenvalue weighted by Crippen LogP contribution is 2.35. The maximum atomic E-state index is 11.5. The van der Waals surface area contributed by atoms with Crippen LogP contribution in [-0.2, 0) is 9.53 Å². The van der Waals surface area contributed by atoms with Crippen molar-refractivity contribution in [1.82, 2.24) is 4.90 Å². The lowest BCUT2D eigenvalue weighted by molar-refractivity contribution is -0.149. The van der Waals surface area contributed by atoms with E-state index in [0.717, 1.165) is 6.54 Å². The number of likely N-dealkylation sites (N-methyl/N-ethyl adjacent to an activating group) is 1. The summed E-state index contributed by atoms with van der Waals surface area (Å²) in [6.45, 7) is 4.77. The SMILES string of the molecule is COC(=O)C1(N)CCN(C)C1(C)C. The number of nitrogens with two attached hydrogens (primary N) is 1. The van der Waals surface area contributed by atoms with Crippen LogP contribution in [0, 0.1) is 0 Å². The lowest BCUT2D eigenvalue weighted by Crippen LogP contribution is -2.63. The maximum Gasteiger partial charge on any atom is 0.327 e. The highest BCUT2D eigenvalue weighted by molar-refractivity contribution is 5.83. The zero-order valence-electron chi connectivity index (χ0n) is 8.76. The number of methoxy groups -OCH3 is 1. The Kier molecular flexibility index (Phi) is 2.38. The smallest absolute Gasteiger partial charge is 0.327 e. The maximum absolute atomic E-state index is 11.5. The predicted octanol–water partition coefficient (Wildman–Crippen LogP) is -0.0290. The van der Waals surface area contributed by atoms with Gasteiger partial charge in [0.05, 0.1) is 7.11 Å². The summed E-state index contributed by atoms with van der Waals surface area (Å²) in [5.74, 6) is -0.318. The van der Waals surface area contributed by atoms with Crippen molar-refractivity contribution in [2.75, 3.05) is 20.7 Å². The molecule has 13 heavy (non-hydrogen) atoms. The molecule has 0 amide bonds. The van der Waals surface area contributed by atoms with Crippen LogP contribution in [0.4, 0.5) is 0 Å². The van der Waals surface area contributed by atoms with Crippen LogP contribution in [0.5, 0.6) is 0 Å². The standard InChI is InChI=1S/C9H18N2O2/c1-8(2)9(10,7(12)13-4)5-6-11(8)3/h5-6,10H2,1-4H3. The lowest BCUT2D eigenvalue weighted by Gasteiger charge is -2.38. The Morgan fingerprint density at radius 2 is 2.08 bits per heavy atom. The molecule has 1 atom stereocenters. The van der Waals surface area contributed by atoms with Gasteiger partial charge in [-0.15, -0.1) is 0 Å². The molecule has 1 aliphatic heterocycles. The molecule has 1 fully saturated rings. The van der Waals surface area contributed by atoms with Crippen LogP contribution in [0.3, 0.4) is 0 Å². The minimum absolute atomic E-state index is 0.318. The number of nitrogens with zero attached hydrogens (tertiary/aromatic N) is 1. The van der Waals surface area contributed by atoms with Gasteiger partial charge >= 0.3 is 5.97 Å². The largest absolute Gasteiger partial charge is 0.468 e. The van der Waals surface area contributed by atoms with Crippen molar-refractivity contribution in [2.24, 2.45) is 5.73 Å². The third-order valence-corrected chi connectivity index (χ3v) is 3.44. The molecule has 0 bridgehead atoms. The molecular formula is C9H18N2O2. The Morgan fingerprint density at radius 1 is 1.54 bits per heavy atom. The number of hydrogen-bond acceptors (Lipinski definition) is 4. The van der Waals surface area contributed by atoms with Crippen molar-refractivity contribution < 1.29 is 9.53 Å². The van der Waals surface area contributed by atoms with Crippen molar-refractivity contribution in [3.8, 4) is 0 Å². The first kappa shape index (κ1) is 10.5. The molecule has 1 saturated heterocycles. The van der Waals surface area contributed by atoms with Gasteiger partial charge in [0.2, 0.25) is 0 Å². The molecule has 4 heteroatoms. The van der Waals surface area contributed by atoms with Gasteiger partial charge in [0.15, 0.2) is 0 Å². The summed E-state index contributed by atoms with van der Waals surface area (Å²) in [5.41, 5.74) is 4.87. The van der Waals surface area contributed by atoms with Gasteiger partial charge in [-0.1, -0.05) is 0 Å².